The molecule has 1 rings (SSSR count). The van der Waals surface area contributed by atoms with E-state index in [1.807, 2.05) is 0 Å². The van der Waals surface area contributed by atoms with E-state index in [9.17, 15) is 0 Å². The van der Waals surface area contributed by atoms with Gasteiger partial charge in [-0.2, -0.15) is 24.4 Å². The van der Waals surface area contributed by atoms with Crippen molar-refractivity contribution in [1.82, 2.24) is 0 Å². The SMILES string of the molecule is CC(CCS)CCSC1CCOCC1. The molecular formula is C11H22OS2. The van der Waals surface area contributed by atoms with Gasteiger partial charge in [0.25, 0.3) is 0 Å². The Balaban J connectivity index is 1.96. The van der Waals surface area contributed by atoms with Gasteiger partial charge in [0.2, 0.25) is 0 Å². The highest BCUT2D eigenvalue weighted by molar-refractivity contribution is 7.99. The van der Waals surface area contributed by atoms with Crippen LogP contribution in [0.3, 0.4) is 0 Å². The van der Waals surface area contributed by atoms with E-state index in [0.717, 1.165) is 30.1 Å². The minimum Gasteiger partial charge on any atom is -0.381 e. The molecule has 0 radical (unpaired) electrons. The van der Waals surface area contributed by atoms with Crippen LogP contribution in [-0.4, -0.2) is 30.0 Å². The Bertz CT molecular complexity index is 135. The summed E-state index contributed by atoms with van der Waals surface area (Å²) >= 11 is 6.41. The molecule has 0 aromatic rings. The fourth-order valence-corrected chi connectivity index (χ4v) is 3.48. The summed E-state index contributed by atoms with van der Waals surface area (Å²) in [6.45, 7) is 4.29. The highest BCUT2D eigenvalue weighted by Gasteiger charge is 2.13. The van der Waals surface area contributed by atoms with Crippen molar-refractivity contribution in [3.05, 3.63) is 0 Å². The molecule has 1 aliphatic heterocycles. The molecule has 0 aliphatic carbocycles. The molecule has 0 amide bonds. The largest absolute Gasteiger partial charge is 0.381 e. The lowest BCUT2D eigenvalue weighted by Crippen LogP contribution is -2.18. The van der Waals surface area contributed by atoms with Gasteiger partial charge in [-0.05, 0) is 43.1 Å². The highest BCUT2D eigenvalue weighted by Crippen LogP contribution is 2.24. The van der Waals surface area contributed by atoms with E-state index >= 15 is 0 Å². The summed E-state index contributed by atoms with van der Waals surface area (Å²) < 4.78 is 5.34. The molecule has 1 fully saturated rings. The summed E-state index contributed by atoms with van der Waals surface area (Å²) in [6, 6.07) is 0. The van der Waals surface area contributed by atoms with Gasteiger partial charge in [0.1, 0.15) is 0 Å². The quantitative estimate of drug-likeness (QED) is 0.707. The minimum absolute atomic E-state index is 0.847. The summed E-state index contributed by atoms with van der Waals surface area (Å²) in [5.41, 5.74) is 0. The average molecular weight is 234 g/mol. The molecule has 14 heavy (non-hydrogen) atoms. The zero-order valence-electron chi connectivity index (χ0n) is 9.08. The van der Waals surface area contributed by atoms with Gasteiger partial charge in [-0.15, -0.1) is 0 Å². The third-order valence-electron chi connectivity index (χ3n) is 2.75. The van der Waals surface area contributed by atoms with Crippen LogP contribution in [0, 0.1) is 5.92 Å². The normalized spacial score (nSPS) is 21.0. The van der Waals surface area contributed by atoms with Crippen molar-refractivity contribution in [3.8, 4) is 0 Å². The molecule has 0 N–H and O–H groups in total. The number of rotatable bonds is 6. The van der Waals surface area contributed by atoms with Crippen molar-refractivity contribution in [2.75, 3.05) is 24.7 Å². The second-order valence-electron chi connectivity index (χ2n) is 4.09. The number of thioether (sulfide) groups is 1. The first-order valence-electron chi connectivity index (χ1n) is 5.63. The number of hydrogen-bond donors (Lipinski definition) is 1. The van der Waals surface area contributed by atoms with E-state index in [1.54, 1.807) is 0 Å². The number of hydrogen-bond acceptors (Lipinski definition) is 3. The standard InChI is InChI=1S/C11H22OS2/c1-10(4-8-13)5-9-14-11-2-6-12-7-3-11/h10-11,13H,2-9H2,1H3. The predicted octanol–water partition coefficient (Wildman–Crippen LogP) is 3.24. The van der Waals surface area contributed by atoms with Crippen molar-refractivity contribution in [2.45, 2.75) is 37.9 Å². The summed E-state index contributed by atoms with van der Waals surface area (Å²) in [5, 5.41) is 0.868. The van der Waals surface area contributed by atoms with Crippen LogP contribution in [0.5, 0.6) is 0 Å². The van der Waals surface area contributed by atoms with Gasteiger partial charge in [0.15, 0.2) is 0 Å². The smallest absolute Gasteiger partial charge is 0.0476 e. The maximum absolute atomic E-state index is 5.34. The average Bonchev–Trinajstić information content (AvgIpc) is 2.20. The molecular weight excluding hydrogens is 212 g/mol. The molecule has 3 heteroatoms. The van der Waals surface area contributed by atoms with Crippen LogP contribution >= 0.6 is 24.4 Å². The monoisotopic (exact) mass is 234 g/mol. The first-order valence-corrected chi connectivity index (χ1v) is 7.31. The lowest BCUT2D eigenvalue weighted by atomic mass is 10.1. The molecule has 1 heterocycles. The van der Waals surface area contributed by atoms with Crippen LogP contribution in [0.1, 0.15) is 32.6 Å². The van der Waals surface area contributed by atoms with Gasteiger partial charge in [0, 0.05) is 18.5 Å². The summed E-state index contributed by atoms with van der Waals surface area (Å²) in [5.74, 6) is 3.20. The highest BCUT2D eigenvalue weighted by atomic mass is 32.2. The second-order valence-corrected chi connectivity index (χ2v) is 5.94. The molecule has 1 nitrogen and oxygen atoms in total. The minimum atomic E-state index is 0.847. The van der Waals surface area contributed by atoms with Crippen molar-refractivity contribution >= 4 is 24.4 Å². The fraction of sp³-hybridized carbons (Fsp3) is 1.00. The van der Waals surface area contributed by atoms with Gasteiger partial charge < -0.3 is 4.74 Å². The van der Waals surface area contributed by atoms with Gasteiger partial charge >= 0.3 is 0 Å². The molecule has 1 saturated heterocycles. The van der Waals surface area contributed by atoms with E-state index in [0.29, 0.717) is 0 Å². The number of thiol groups is 1. The second kappa shape index (κ2) is 7.89. The molecule has 0 saturated carbocycles. The van der Waals surface area contributed by atoms with Crippen LogP contribution in [-0.2, 0) is 4.74 Å². The Morgan fingerprint density at radius 3 is 2.71 bits per heavy atom. The topological polar surface area (TPSA) is 9.23 Å². The van der Waals surface area contributed by atoms with Crippen molar-refractivity contribution in [2.24, 2.45) is 5.92 Å². The van der Waals surface area contributed by atoms with Crippen LogP contribution in [0.15, 0.2) is 0 Å². The van der Waals surface area contributed by atoms with Crippen LogP contribution < -0.4 is 0 Å². The Morgan fingerprint density at radius 1 is 1.36 bits per heavy atom. The van der Waals surface area contributed by atoms with E-state index in [2.05, 4.69) is 31.3 Å². The molecule has 0 bridgehead atoms. The van der Waals surface area contributed by atoms with Crippen LogP contribution in [0.25, 0.3) is 0 Å². The first kappa shape index (κ1) is 12.7. The van der Waals surface area contributed by atoms with E-state index in [4.69, 9.17) is 4.74 Å². The molecule has 84 valence electrons. The van der Waals surface area contributed by atoms with Crippen molar-refractivity contribution in [3.63, 3.8) is 0 Å². The van der Waals surface area contributed by atoms with Crippen LogP contribution in [0.4, 0.5) is 0 Å². The Kier molecular flexibility index (Phi) is 7.17. The van der Waals surface area contributed by atoms with Gasteiger partial charge in [-0.3, -0.25) is 0 Å². The third kappa shape index (κ3) is 5.52. The maximum Gasteiger partial charge on any atom is 0.0476 e. The first-order chi connectivity index (χ1) is 6.83. The molecule has 1 unspecified atom stereocenters. The Labute approximate surface area is 97.8 Å². The van der Waals surface area contributed by atoms with E-state index < -0.39 is 0 Å². The Hall–Kier alpha value is 0.660. The van der Waals surface area contributed by atoms with Gasteiger partial charge in [-0.1, -0.05) is 6.92 Å². The Morgan fingerprint density at radius 2 is 2.07 bits per heavy atom. The summed E-state index contributed by atoms with van der Waals surface area (Å²) in [4.78, 5) is 0. The van der Waals surface area contributed by atoms with Crippen molar-refractivity contribution in [1.29, 1.82) is 0 Å². The van der Waals surface area contributed by atoms with Crippen LogP contribution in [0.2, 0.25) is 0 Å². The molecule has 1 atom stereocenters. The maximum atomic E-state index is 5.34. The molecule has 1 aliphatic rings. The molecule has 0 spiro atoms. The fourth-order valence-electron chi connectivity index (χ4n) is 1.64. The zero-order valence-corrected chi connectivity index (χ0v) is 10.8. The number of ether oxygens (including phenoxy) is 1. The zero-order chi connectivity index (χ0) is 10.2. The summed E-state index contributed by atoms with van der Waals surface area (Å²) in [7, 11) is 0. The molecule has 0 aromatic heterocycles. The van der Waals surface area contributed by atoms with E-state index in [1.165, 1.54) is 31.4 Å². The third-order valence-corrected chi connectivity index (χ3v) is 4.43. The van der Waals surface area contributed by atoms with Crippen molar-refractivity contribution < 1.29 is 4.74 Å². The lowest BCUT2D eigenvalue weighted by Gasteiger charge is -2.22. The van der Waals surface area contributed by atoms with Gasteiger partial charge in [-0.25, -0.2) is 0 Å². The van der Waals surface area contributed by atoms with E-state index in [-0.39, 0.29) is 0 Å². The predicted molar refractivity (Wildman–Crippen MR) is 68.6 cm³/mol. The lowest BCUT2D eigenvalue weighted by molar-refractivity contribution is 0.1000. The molecule has 0 aromatic carbocycles. The summed E-state index contributed by atoms with van der Waals surface area (Å²) in [6.07, 6.45) is 5.12. The van der Waals surface area contributed by atoms with Gasteiger partial charge in [0.05, 0.1) is 0 Å².